The number of thioether (sulfide) groups is 1. The summed E-state index contributed by atoms with van der Waals surface area (Å²) in [5.74, 6) is 0.547. The Labute approximate surface area is 191 Å². The van der Waals surface area contributed by atoms with E-state index in [0.717, 1.165) is 63.3 Å². The highest BCUT2D eigenvalue weighted by molar-refractivity contribution is 8.04. The molecular weight excluding hydrogens is 408 g/mol. The zero-order valence-corrected chi connectivity index (χ0v) is 19.6. The maximum atomic E-state index is 12.4. The van der Waals surface area contributed by atoms with Crippen LogP contribution in [0.25, 0.3) is 0 Å². The zero-order valence-electron chi connectivity index (χ0n) is 18.7. The summed E-state index contributed by atoms with van der Waals surface area (Å²) in [7, 11) is 0. The molecule has 0 aromatic carbocycles. The van der Waals surface area contributed by atoms with Gasteiger partial charge in [-0.2, -0.15) is 0 Å². The summed E-state index contributed by atoms with van der Waals surface area (Å²) in [6.45, 7) is 2.93. The molecule has 1 aliphatic carbocycles. The van der Waals surface area contributed by atoms with E-state index in [-0.39, 0.29) is 11.6 Å². The monoisotopic (exact) mass is 446 g/mol. The number of nitrogens with one attached hydrogen (secondary N) is 1. The van der Waals surface area contributed by atoms with E-state index in [2.05, 4.69) is 10.2 Å². The minimum absolute atomic E-state index is 0.0172. The van der Waals surface area contributed by atoms with E-state index in [0.29, 0.717) is 11.5 Å². The second-order valence-electron chi connectivity index (χ2n) is 10.1. The maximum Gasteiger partial charge on any atom is 0.334 e. The molecule has 3 fully saturated rings. The van der Waals surface area contributed by atoms with Gasteiger partial charge in [0.05, 0.1) is 10.9 Å². The highest BCUT2D eigenvalue weighted by Gasteiger charge is 2.44. The van der Waals surface area contributed by atoms with E-state index >= 15 is 0 Å². The fraction of sp³-hybridized carbons (Fsp3) is 0.800. The Morgan fingerprint density at radius 2 is 1.94 bits per heavy atom. The minimum atomic E-state index is -0.744. The first-order valence-corrected chi connectivity index (χ1v) is 13.6. The largest absolute Gasteiger partial charge is 0.478 e. The standard InChI is InChI=1S/C25H38N2O3S/c28-25(29)22-21-18-11-7-14-27(16-18)19(12-6-10-17-8-2-1-3-9-17)23(21)31-24(22)26-20-13-4-5-15-30-20/h17-18,20,24,26H,1-16H2,(H,28,29). The number of nitrogens with zero attached hydrogens (tertiary/aromatic N) is 1. The number of aliphatic carboxylic acids is 1. The van der Waals surface area contributed by atoms with Crippen molar-refractivity contribution in [3.63, 3.8) is 0 Å². The number of carbonyl (C=O) groups is 1. The molecule has 5 nitrogen and oxygen atoms in total. The van der Waals surface area contributed by atoms with E-state index in [1.807, 2.05) is 0 Å². The summed E-state index contributed by atoms with van der Waals surface area (Å²) in [4.78, 5) is 16.3. The Morgan fingerprint density at radius 1 is 1.10 bits per heavy atom. The number of fused-ring (bicyclic) bond motifs is 4. The summed E-state index contributed by atoms with van der Waals surface area (Å²) in [5, 5.41) is 13.6. The average molecular weight is 447 g/mol. The van der Waals surface area contributed by atoms with E-state index in [1.54, 1.807) is 11.8 Å². The molecule has 2 bridgehead atoms. The molecular formula is C25H38N2O3S. The number of allylic oxidation sites excluding steroid dienone is 2. The van der Waals surface area contributed by atoms with Crippen LogP contribution >= 0.6 is 11.8 Å². The van der Waals surface area contributed by atoms with Crippen molar-refractivity contribution in [3.05, 3.63) is 21.7 Å². The predicted octanol–water partition coefficient (Wildman–Crippen LogP) is 5.24. The third-order valence-electron chi connectivity index (χ3n) is 8.00. The van der Waals surface area contributed by atoms with Gasteiger partial charge in [-0.1, -0.05) is 50.3 Å². The third-order valence-corrected chi connectivity index (χ3v) is 9.30. The van der Waals surface area contributed by atoms with Crippen molar-refractivity contribution in [3.8, 4) is 0 Å². The van der Waals surface area contributed by atoms with Crippen molar-refractivity contribution in [2.24, 2.45) is 11.8 Å². The Kier molecular flexibility index (Phi) is 6.96. The first-order valence-electron chi connectivity index (χ1n) is 12.7. The molecule has 0 aromatic heterocycles. The van der Waals surface area contributed by atoms with Crippen LogP contribution in [-0.2, 0) is 9.53 Å². The van der Waals surface area contributed by atoms with Crippen molar-refractivity contribution in [2.75, 3.05) is 19.7 Å². The average Bonchev–Trinajstić information content (AvgIpc) is 3.17. The van der Waals surface area contributed by atoms with Crippen LogP contribution in [-0.4, -0.2) is 47.3 Å². The van der Waals surface area contributed by atoms with Gasteiger partial charge < -0.3 is 14.7 Å². The molecule has 0 spiro atoms. The molecule has 6 heteroatoms. The number of hydrogen-bond acceptors (Lipinski definition) is 5. The summed E-state index contributed by atoms with van der Waals surface area (Å²) < 4.78 is 5.90. The molecule has 1 saturated carbocycles. The first kappa shape index (κ1) is 21.8. The molecule has 2 N–H and O–H groups in total. The molecule has 0 radical (unpaired) electrons. The highest BCUT2D eigenvalue weighted by atomic mass is 32.2. The smallest absolute Gasteiger partial charge is 0.334 e. The summed E-state index contributed by atoms with van der Waals surface area (Å²) in [5.41, 5.74) is 3.22. The van der Waals surface area contributed by atoms with Crippen LogP contribution in [0.2, 0.25) is 0 Å². The maximum absolute atomic E-state index is 12.4. The van der Waals surface area contributed by atoms with E-state index in [1.165, 1.54) is 62.0 Å². The lowest BCUT2D eigenvalue weighted by atomic mass is 9.81. The van der Waals surface area contributed by atoms with Crippen LogP contribution in [0.5, 0.6) is 0 Å². The van der Waals surface area contributed by atoms with E-state index < -0.39 is 5.97 Å². The van der Waals surface area contributed by atoms with Gasteiger partial charge in [0, 0.05) is 36.2 Å². The molecule has 172 valence electrons. The van der Waals surface area contributed by atoms with Gasteiger partial charge in [0.1, 0.15) is 6.23 Å². The van der Waals surface area contributed by atoms with Gasteiger partial charge in [0.25, 0.3) is 0 Å². The van der Waals surface area contributed by atoms with Crippen molar-refractivity contribution in [1.82, 2.24) is 10.2 Å². The lowest BCUT2D eigenvalue weighted by Crippen LogP contribution is -2.42. The summed E-state index contributed by atoms with van der Waals surface area (Å²) >= 11 is 1.77. The molecule has 4 heterocycles. The molecule has 2 saturated heterocycles. The normalized spacial score (nSPS) is 31.9. The Morgan fingerprint density at radius 3 is 2.71 bits per heavy atom. The molecule has 0 amide bonds. The van der Waals surface area contributed by atoms with Gasteiger partial charge in [-0.25, -0.2) is 4.79 Å². The van der Waals surface area contributed by atoms with Crippen LogP contribution in [0.1, 0.15) is 83.5 Å². The van der Waals surface area contributed by atoms with Gasteiger partial charge in [0.2, 0.25) is 0 Å². The fourth-order valence-corrected chi connectivity index (χ4v) is 8.00. The van der Waals surface area contributed by atoms with E-state index in [4.69, 9.17) is 4.74 Å². The molecule has 3 atom stereocenters. The number of piperidine rings is 1. The highest BCUT2D eigenvalue weighted by Crippen LogP contribution is 2.52. The molecule has 0 aromatic rings. The van der Waals surface area contributed by atoms with Gasteiger partial charge in [0.15, 0.2) is 0 Å². The lowest BCUT2D eigenvalue weighted by molar-refractivity contribution is -0.133. The quantitative estimate of drug-likeness (QED) is 0.557. The number of carboxylic acid groups (broad SMARTS) is 1. The first-order chi connectivity index (χ1) is 15.2. The molecule has 4 aliphatic heterocycles. The summed E-state index contributed by atoms with van der Waals surface area (Å²) in [6.07, 6.45) is 16.3. The lowest BCUT2D eigenvalue weighted by Gasteiger charge is -2.42. The Bertz CT molecular complexity index is 737. The third kappa shape index (κ3) is 4.72. The molecule has 3 unspecified atom stereocenters. The molecule has 5 rings (SSSR count). The van der Waals surface area contributed by atoms with Crippen LogP contribution in [0.3, 0.4) is 0 Å². The van der Waals surface area contributed by atoms with Crippen LogP contribution < -0.4 is 5.32 Å². The Balaban J connectivity index is 1.37. The van der Waals surface area contributed by atoms with Crippen molar-refractivity contribution in [1.29, 1.82) is 0 Å². The number of ether oxygens (including phenoxy) is 1. The second-order valence-corrected chi connectivity index (χ2v) is 11.2. The van der Waals surface area contributed by atoms with Crippen molar-refractivity contribution < 1.29 is 14.6 Å². The zero-order chi connectivity index (χ0) is 21.2. The molecule has 31 heavy (non-hydrogen) atoms. The number of carboxylic acids is 1. The predicted molar refractivity (Wildman–Crippen MR) is 125 cm³/mol. The minimum Gasteiger partial charge on any atom is -0.478 e. The van der Waals surface area contributed by atoms with Crippen LogP contribution in [0, 0.1) is 11.8 Å². The van der Waals surface area contributed by atoms with E-state index in [9.17, 15) is 9.90 Å². The van der Waals surface area contributed by atoms with Gasteiger partial charge in [-0.3, -0.25) is 5.32 Å². The Hall–Kier alpha value is -0.980. The van der Waals surface area contributed by atoms with Gasteiger partial charge in [-0.05, 0) is 56.4 Å². The summed E-state index contributed by atoms with van der Waals surface area (Å²) in [6, 6.07) is 0. The van der Waals surface area contributed by atoms with Crippen LogP contribution in [0.15, 0.2) is 21.7 Å². The van der Waals surface area contributed by atoms with Gasteiger partial charge in [-0.15, -0.1) is 0 Å². The topological polar surface area (TPSA) is 61.8 Å². The fourth-order valence-electron chi connectivity index (χ4n) is 6.43. The number of rotatable bonds is 7. The molecule has 5 aliphatic rings. The number of hydrogen-bond donors (Lipinski definition) is 2. The SMILES string of the molecule is O=C(O)C1=C2C(=C(CCCC3CCCCC3)N3CCCC2C3)SC1NC1CCCCO1. The van der Waals surface area contributed by atoms with Crippen LogP contribution in [0.4, 0.5) is 0 Å². The van der Waals surface area contributed by atoms with Gasteiger partial charge >= 0.3 is 5.97 Å². The van der Waals surface area contributed by atoms with Crippen molar-refractivity contribution >= 4 is 17.7 Å². The second kappa shape index (κ2) is 9.88. The van der Waals surface area contributed by atoms with Crippen molar-refractivity contribution in [2.45, 2.75) is 95.1 Å².